The minimum Gasteiger partial charge on any atom is -0.494 e. The number of hydrogen-bond acceptors (Lipinski definition) is 6. The van der Waals surface area contributed by atoms with Gasteiger partial charge < -0.3 is 9.84 Å². The number of aliphatic carboxylic acids is 1. The van der Waals surface area contributed by atoms with Crippen molar-refractivity contribution in [1.29, 1.82) is 0 Å². The molecular formula is C23H25N3O5S2. The van der Waals surface area contributed by atoms with Gasteiger partial charge in [-0.05, 0) is 55.7 Å². The first-order valence-corrected chi connectivity index (χ1v) is 13.0. The van der Waals surface area contributed by atoms with Gasteiger partial charge in [-0.3, -0.25) is 9.48 Å². The molecular weight excluding hydrogens is 462 g/mol. The Morgan fingerprint density at radius 3 is 2.73 bits per heavy atom. The predicted octanol–water partition coefficient (Wildman–Crippen LogP) is 4.63. The lowest BCUT2D eigenvalue weighted by Crippen LogP contribution is -2.10. The van der Waals surface area contributed by atoms with Crippen molar-refractivity contribution in [1.82, 2.24) is 13.8 Å². The van der Waals surface area contributed by atoms with Gasteiger partial charge in [0.2, 0.25) is 0 Å². The Kier molecular flexibility index (Phi) is 6.57. The standard InChI is InChI=1S/C23H25N3O5S2/c1-3-11-25-14-17(13-24-25)21-8-10-23(32-21)33(29,30)26-15-16(5-9-22(27)28)19-12-18(31-4-2)6-7-20(19)26/h6-8,10,12-15H,3-5,9,11H2,1-2H3,(H,27,28). The molecule has 0 spiro atoms. The summed E-state index contributed by atoms with van der Waals surface area (Å²) in [7, 11) is -3.88. The molecule has 0 aliphatic carbocycles. The first-order valence-electron chi connectivity index (χ1n) is 10.7. The fourth-order valence-electron chi connectivity index (χ4n) is 3.69. The Morgan fingerprint density at radius 2 is 2.00 bits per heavy atom. The molecule has 3 heterocycles. The number of aromatic nitrogens is 3. The molecule has 4 aromatic rings. The molecule has 0 saturated carbocycles. The molecule has 1 N–H and O–H groups in total. The summed E-state index contributed by atoms with van der Waals surface area (Å²) >= 11 is 1.19. The third kappa shape index (κ3) is 4.67. The Morgan fingerprint density at radius 1 is 1.18 bits per heavy atom. The minimum atomic E-state index is -3.88. The van der Waals surface area contributed by atoms with E-state index in [1.165, 1.54) is 21.5 Å². The van der Waals surface area contributed by atoms with Gasteiger partial charge in [0.05, 0.1) is 18.3 Å². The third-order valence-electron chi connectivity index (χ3n) is 5.21. The topological polar surface area (TPSA) is 103 Å². The highest BCUT2D eigenvalue weighted by atomic mass is 32.2. The molecule has 0 aliphatic heterocycles. The molecule has 1 aromatic carbocycles. The van der Waals surface area contributed by atoms with E-state index < -0.39 is 16.0 Å². The fourth-order valence-corrected chi connectivity index (χ4v) is 6.46. The maximum absolute atomic E-state index is 13.6. The summed E-state index contributed by atoms with van der Waals surface area (Å²) in [5.74, 6) is -0.328. The number of fused-ring (bicyclic) bond motifs is 1. The monoisotopic (exact) mass is 487 g/mol. The average Bonchev–Trinajstić information content (AvgIpc) is 3.51. The van der Waals surface area contributed by atoms with E-state index in [9.17, 15) is 13.2 Å². The highest BCUT2D eigenvalue weighted by Crippen LogP contribution is 2.35. The largest absolute Gasteiger partial charge is 0.494 e. The van der Waals surface area contributed by atoms with Crippen molar-refractivity contribution in [2.24, 2.45) is 0 Å². The van der Waals surface area contributed by atoms with Gasteiger partial charge in [0, 0.05) is 41.2 Å². The SMILES string of the molecule is CCCn1cc(-c2ccc(S(=O)(=O)n3cc(CCC(=O)O)c4cc(OCC)ccc43)s2)cn1. The zero-order valence-corrected chi connectivity index (χ0v) is 20.0. The molecule has 4 rings (SSSR count). The molecule has 10 heteroatoms. The van der Waals surface area contributed by atoms with E-state index in [-0.39, 0.29) is 17.1 Å². The van der Waals surface area contributed by atoms with Crippen LogP contribution in [0, 0.1) is 0 Å². The van der Waals surface area contributed by atoms with E-state index in [0.717, 1.165) is 23.4 Å². The van der Waals surface area contributed by atoms with Crippen molar-refractivity contribution in [3.63, 3.8) is 0 Å². The van der Waals surface area contributed by atoms with Gasteiger partial charge in [0.1, 0.15) is 9.96 Å². The maximum Gasteiger partial charge on any atom is 0.303 e. The first kappa shape index (κ1) is 23.1. The summed E-state index contributed by atoms with van der Waals surface area (Å²) < 4.78 is 36.0. The molecule has 0 atom stereocenters. The zero-order valence-electron chi connectivity index (χ0n) is 18.4. The number of hydrogen-bond donors (Lipinski definition) is 1. The second kappa shape index (κ2) is 9.40. The number of thiophene rings is 1. The molecule has 0 bridgehead atoms. The molecule has 0 radical (unpaired) electrons. The maximum atomic E-state index is 13.6. The normalized spacial score (nSPS) is 11.8. The van der Waals surface area contributed by atoms with Crippen LogP contribution in [0.5, 0.6) is 5.75 Å². The van der Waals surface area contributed by atoms with Gasteiger partial charge in [0.15, 0.2) is 0 Å². The van der Waals surface area contributed by atoms with Gasteiger partial charge in [-0.25, -0.2) is 3.97 Å². The van der Waals surface area contributed by atoms with Crippen molar-refractivity contribution < 1.29 is 23.1 Å². The lowest BCUT2D eigenvalue weighted by molar-refractivity contribution is -0.136. The average molecular weight is 488 g/mol. The van der Waals surface area contributed by atoms with Crippen molar-refractivity contribution >= 4 is 38.2 Å². The number of carboxylic acid groups (broad SMARTS) is 1. The second-order valence-electron chi connectivity index (χ2n) is 7.57. The molecule has 8 nitrogen and oxygen atoms in total. The smallest absolute Gasteiger partial charge is 0.303 e. The van der Waals surface area contributed by atoms with Crippen LogP contribution < -0.4 is 4.74 Å². The number of benzene rings is 1. The first-order chi connectivity index (χ1) is 15.8. The van der Waals surface area contributed by atoms with Crippen LogP contribution in [0.25, 0.3) is 21.3 Å². The second-order valence-corrected chi connectivity index (χ2v) is 10.7. The summed E-state index contributed by atoms with van der Waals surface area (Å²) in [5, 5.41) is 14.1. The van der Waals surface area contributed by atoms with Crippen LogP contribution in [0.3, 0.4) is 0 Å². The highest BCUT2D eigenvalue weighted by molar-refractivity contribution is 7.92. The van der Waals surface area contributed by atoms with Gasteiger partial charge in [-0.15, -0.1) is 11.3 Å². The number of nitrogens with zero attached hydrogens (tertiary/aromatic N) is 3. The van der Waals surface area contributed by atoms with Crippen LogP contribution in [-0.2, 0) is 27.8 Å². The molecule has 0 aliphatic rings. The highest BCUT2D eigenvalue weighted by Gasteiger charge is 2.24. The number of carbonyl (C=O) groups is 1. The van der Waals surface area contributed by atoms with E-state index in [4.69, 9.17) is 9.84 Å². The van der Waals surface area contributed by atoms with E-state index >= 15 is 0 Å². The number of rotatable bonds is 10. The van der Waals surface area contributed by atoms with Crippen molar-refractivity contribution in [2.75, 3.05) is 6.61 Å². The van der Waals surface area contributed by atoms with Gasteiger partial charge >= 0.3 is 5.97 Å². The predicted molar refractivity (Wildman–Crippen MR) is 127 cm³/mol. The van der Waals surface area contributed by atoms with Crippen LogP contribution in [0.4, 0.5) is 0 Å². The molecule has 0 saturated heterocycles. The van der Waals surface area contributed by atoms with Gasteiger partial charge in [-0.1, -0.05) is 6.92 Å². The zero-order chi connectivity index (χ0) is 23.6. The van der Waals surface area contributed by atoms with E-state index in [1.807, 2.05) is 17.8 Å². The van der Waals surface area contributed by atoms with Crippen LogP contribution in [0.15, 0.2) is 53.1 Å². The van der Waals surface area contributed by atoms with Crippen LogP contribution >= 0.6 is 11.3 Å². The van der Waals surface area contributed by atoms with Crippen molar-refractivity contribution in [3.8, 4) is 16.2 Å². The van der Waals surface area contributed by atoms with Gasteiger partial charge in [-0.2, -0.15) is 13.5 Å². The number of carboxylic acids is 1. The molecule has 174 valence electrons. The molecule has 0 fully saturated rings. The summed E-state index contributed by atoms with van der Waals surface area (Å²) in [6, 6.07) is 8.58. The Labute approximate surface area is 196 Å². The molecule has 0 unspecified atom stereocenters. The van der Waals surface area contributed by atoms with Crippen LogP contribution in [0.2, 0.25) is 0 Å². The van der Waals surface area contributed by atoms with E-state index in [0.29, 0.717) is 28.8 Å². The quantitative estimate of drug-likeness (QED) is 0.350. The summed E-state index contributed by atoms with van der Waals surface area (Å²) in [6.45, 7) is 5.21. The third-order valence-corrected chi connectivity index (χ3v) is 8.48. The molecule has 33 heavy (non-hydrogen) atoms. The Hall–Kier alpha value is -3.11. The fraction of sp³-hybridized carbons (Fsp3) is 0.304. The van der Waals surface area contributed by atoms with E-state index in [2.05, 4.69) is 12.0 Å². The molecule has 0 amide bonds. The number of ether oxygens (including phenoxy) is 1. The lowest BCUT2D eigenvalue weighted by atomic mass is 10.1. The summed E-state index contributed by atoms with van der Waals surface area (Å²) in [4.78, 5) is 11.9. The van der Waals surface area contributed by atoms with Crippen molar-refractivity contribution in [3.05, 3.63) is 54.5 Å². The lowest BCUT2D eigenvalue weighted by Gasteiger charge is -2.07. The summed E-state index contributed by atoms with van der Waals surface area (Å²) in [6.07, 6.45) is 6.26. The van der Waals surface area contributed by atoms with Crippen LogP contribution in [-0.4, -0.2) is 39.9 Å². The Balaban J connectivity index is 1.75. The minimum absolute atomic E-state index is 0.0943. The Bertz CT molecular complexity index is 1400. The summed E-state index contributed by atoms with van der Waals surface area (Å²) in [5.41, 5.74) is 2.01. The van der Waals surface area contributed by atoms with Crippen LogP contribution in [0.1, 0.15) is 32.3 Å². The molecule has 3 aromatic heterocycles. The number of aryl methyl sites for hydroxylation is 2. The van der Waals surface area contributed by atoms with Gasteiger partial charge in [0.25, 0.3) is 10.0 Å². The van der Waals surface area contributed by atoms with E-state index in [1.54, 1.807) is 36.5 Å². The van der Waals surface area contributed by atoms with Crippen molar-refractivity contribution in [2.45, 2.75) is 43.9 Å².